The highest BCUT2D eigenvalue weighted by Crippen LogP contribution is 2.19. The van der Waals surface area contributed by atoms with E-state index < -0.39 is 0 Å². The molecule has 5 heteroatoms. The van der Waals surface area contributed by atoms with Gasteiger partial charge in [0.1, 0.15) is 0 Å². The number of piperidine rings is 1. The Morgan fingerprint density at radius 3 is 2.37 bits per heavy atom. The van der Waals surface area contributed by atoms with Crippen molar-refractivity contribution in [3.05, 3.63) is 35.9 Å². The first-order valence-corrected chi connectivity index (χ1v) is 10.7. The van der Waals surface area contributed by atoms with Crippen molar-refractivity contribution in [2.24, 2.45) is 4.99 Å². The molecule has 27 heavy (non-hydrogen) atoms. The minimum atomic E-state index is 0.353. The molecule has 0 amide bonds. The van der Waals surface area contributed by atoms with E-state index in [9.17, 15) is 0 Å². The Morgan fingerprint density at radius 1 is 1.15 bits per heavy atom. The molecule has 1 unspecified atom stereocenters. The highest BCUT2D eigenvalue weighted by Gasteiger charge is 2.21. The third-order valence-electron chi connectivity index (χ3n) is 5.59. The maximum atomic E-state index is 4.48. The summed E-state index contributed by atoms with van der Waals surface area (Å²) in [6, 6.07) is 11.7. The van der Waals surface area contributed by atoms with Gasteiger partial charge in [0.05, 0.1) is 6.04 Å². The molecule has 1 atom stereocenters. The number of hydrogen-bond donors (Lipinski definition) is 2. The van der Waals surface area contributed by atoms with Crippen LogP contribution in [0, 0.1) is 0 Å². The molecular weight excluding hydrogens is 334 g/mol. The molecule has 1 aromatic rings. The largest absolute Gasteiger partial charge is 0.354 e. The summed E-state index contributed by atoms with van der Waals surface area (Å²) in [6.45, 7) is 13.3. The SMILES string of the molecule is CCCN1CCC(NC(=NC)NCC(c2ccccc2)N(CC)CC)CC1. The molecule has 1 aliphatic rings. The second kappa shape index (κ2) is 12.0. The van der Waals surface area contributed by atoms with Crippen molar-refractivity contribution in [2.75, 3.05) is 46.3 Å². The fourth-order valence-corrected chi connectivity index (χ4v) is 4.00. The minimum Gasteiger partial charge on any atom is -0.354 e. The standard InChI is InChI=1S/C22H39N5/c1-5-15-26-16-13-20(14-17-26)25-22(23-4)24-18-21(27(6-2)7-3)19-11-9-8-10-12-19/h8-12,20-21H,5-7,13-18H2,1-4H3,(H2,23,24,25). The van der Waals surface area contributed by atoms with E-state index >= 15 is 0 Å². The fourth-order valence-electron chi connectivity index (χ4n) is 4.00. The van der Waals surface area contributed by atoms with Gasteiger partial charge in [0.2, 0.25) is 0 Å². The van der Waals surface area contributed by atoms with E-state index in [0.29, 0.717) is 12.1 Å². The van der Waals surface area contributed by atoms with E-state index in [1.54, 1.807) is 0 Å². The second-order valence-corrected chi connectivity index (χ2v) is 7.36. The minimum absolute atomic E-state index is 0.353. The third kappa shape index (κ3) is 6.82. The van der Waals surface area contributed by atoms with Crippen molar-refractivity contribution >= 4 is 5.96 Å². The van der Waals surface area contributed by atoms with Gasteiger partial charge in [0.15, 0.2) is 5.96 Å². The molecule has 5 nitrogen and oxygen atoms in total. The summed E-state index contributed by atoms with van der Waals surface area (Å²) in [7, 11) is 1.87. The maximum Gasteiger partial charge on any atom is 0.191 e. The van der Waals surface area contributed by atoms with Crippen molar-refractivity contribution in [3.8, 4) is 0 Å². The zero-order valence-corrected chi connectivity index (χ0v) is 17.7. The van der Waals surface area contributed by atoms with Crippen LogP contribution in [0.25, 0.3) is 0 Å². The van der Waals surface area contributed by atoms with E-state index in [-0.39, 0.29) is 0 Å². The maximum absolute atomic E-state index is 4.48. The summed E-state index contributed by atoms with van der Waals surface area (Å²) in [4.78, 5) is 9.54. The van der Waals surface area contributed by atoms with Crippen LogP contribution in [0.4, 0.5) is 0 Å². The molecule has 0 radical (unpaired) electrons. The highest BCUT2D eigenvalue weighted by molar-refractivity contribution is 5.80. The Kier molecular flexibility index (Phi) is 9.64. The molecule has 2 N–H and O–H groups in total. The Hall–Kier alpha value is -1.59. The first kappa shape index (κ1) is 21.7. The van der Waals surface area contributed by atoms with Crippen LogP contribution < -0.4 is 10.6 Å². The van der Waals surface area contributed by atoms with Crippen LogP contribution in [0.15, 0.2) is 35.3 Å². The van der Waals surface area contributed by atoms with Crippen LogP contribution in [0.3, 0.4) is 0 Å². The molecule has 1 aromatic carbocycles. The van der Waals surface area contributed by atoms with Gasteiger partial charge in [-0.05, 0) is 44.5 Å². The molecular formula is C22H39N5. The predicted molar refractivity (Wildman–Crippen MR) is 116 cm³/mol. The van der Waals surface area contributed by atoms with E-state index in [4.69, 9.17) is 0 Å². The molecule has 152 valence electrons. The number of nitrogens with zero attached hydrogens (tertiary/aromatic N) is 3. The number of aliphatic imine (C=N–C) groups is 1. The molecule has 0 aromatic heterocycles. The van der Waals surface area contributed by atoms with E-state index in [1.807, 2.05) is 7.05 Å². The molecule has 1 heterocycles. The van der Waals surface area contributed by atoms with Crippen LogP contribution >= 0.6 is 0 Å². The first-order valence-electron chi connectivity index (χ1n) is 10.7. The third-order valence-corrected chi connectivity index (χ3v) is 5.59. The summed E-state index contributed by atoms with van der Waals surface area (Å²) < 4.78 is 0. The van der Waals surface area contributed by atoms with E-state index in [2.05, 4.69) is 76.5 Å². The summed E-state index contributed by atoms with van der Waals surface area (Å²) in [5.74, 6) is 0.928. The fraction of sp³-hybridized carbons (Fsp3) is 0.682. The molecule has 1 saturated heterocycles. The quantitative estimate of drug-likeness (QED) is 0.516. The van der Waals surface area contributed by atoms with Crippen molar-refractivity contribution in [3.63, 3.8) is 0 Å². The number of likely N-dealkylation sites (tertiary alicyclic amines) is 1. The summed E-state index contributed by atoms with van der Waals surface area (Å²) >= 11 is 0. The predicted octanol–water partition coefficient (Wildman–Crippen LogP) is 3.11. The zero-order valence-electron chi connectivity index (χ0n) is 17.7. The Labute approximate surface area is 166 Å². The van der Waals surface area contributed by atoms with Gasteiger partial charge in [-0.1, -0.05) is 51.1 Å². The van der Waals surface area contributed by atoms with Crippen molar-refractivity contribution in [1.29, 1.82) is 0 Å². The van der Waals surface area contributed by atoms with E-state index in [0.717, 1.165) is 25.6 Å². The Bertz CT molecular complexity index is 533. The number of guanidine groups is 1. The lowest BCUT2D eigenvalue weighted by Crippen LogP contribution is -2.50. The zero-order chi connectivity index (χ0) is 19.5. The number of nitrogens with one attached hydrogen (secondary N) is 2. The molecule has 2 rings (SSSR count). The Morgan fingerprint density at radius 2 is 1.81 bits per heavy atom. The Balaban J connectivity index is 1.90. The topological polar surface area (TPSA) is 42.9 Å². The van der Waals surface area contributed by atoms with Gasteiger partial charge in [-0.25, -0.2) is 0 Å². The average molecular weight is 374 g/mol. The smallest absolute Gasteiger partial charge is 0.191 e. The summed E-state index contributed by atoms with van der Waals surface area (Å²) in [6.07, 6.45) is 3.63. The molecule has 0 spiro atoms. The summed E-state index contributed by atoms with van der Waals surface area (Å²) in [5.41, 5.74) is 1.36. The normalized spacial score (nSPS) is 17.9. The first-order chi connectivity index (χ1) is 13.2. The molecule has 1 aliphatic heterocycles. The van der Waals surface area contributed by atoms with Crippen LogP contribution in [-0.2, 0) is 0 Å². The van der Waals surface area contributed by atoms with Gasteiger partial charge in [-0.3, -0.25) is 9.89 Å². The van der Waals surface area contributed by atoms with Crippen molar-refractivity contribution < 1.29 is 0 Å². The number of hydrogen-bond acceptors (Lipinski definition) is 3. The monoisotopic (exact) mass is 373 g/mol. The van der Waals surface area contributed by atoms with Gasteiger partial charge in [-0.2, -0.15) is 0 Å². The van der Waals surface area contributed by atoms with Crippen molar-refractivity contribution in [1.82, 2.24) is 20.4 Å². The lowest BCUT2D eigenvalue weighted by Gasteiger charge is -2.34. The number of rotatable bonds is 9. The van der Waals surface area contributed by atoms with E-state index in [1.165, 1.54) is 44.5 Å². The van der Waals surface area contributed by atoms with Gasteiger partial charge in [-0.15, -0.1) is 0 Å². The summed E-state index contributed by atoms with van der Waals surface area (Å²) in [5, 5.41) is 7.23. The lowest BCUT2D eigenvalue weighted by atomic mass is 10.0. The van der Waals surface area contributed by atoms with Gasteiger partial charge < -0.3 is 15.5 Å². The lowest BCUT2D eigenvalue weighted by molar-refractivity contribution is 0.205. The molecule has 0 bridgehead atoms. The van der Waals surface area contributed by atoms with Gasteiger partial charge >= 0.3 is 0 Å². The van der Waals surface area contributed by atoms with Crippen LogP contribution in [-0.4, -0.2) is 68.1 Å². The van der Waals surface area contributed by atoms with Crippen LogP contribution in [0.5, 0.6) is 0 Å². The van der Waals surface area contributed by atoms with Crippen LogP contribution in [0.2, 0.25) is 0 Å². The number of benzene rings is 1. The number of likely N-dealkylation sites (N-methyl/N-ethyl adjacent to an activating group) is 1. The van der Waals surface area contributed by atoms with Gasteiger partial charge in [0, 0.05) is 32.7 Å². The van der Waals surface area contributed by atoms with Crippen LogP contribution in [0.1, 0.15) is 51.6 Å². The molecule has 0 saturated carbocycles. The molecule has 1 fully saturated rings. The van der Waals surface area contributed by atoms with Gasteiger partial charge in [0.25, 0.3) is 0 Å². The highest BCUT2D eigenvalue weighted by atomic mass is 15.2. The molecule has 0 aliphatic carbocycles. The second-order valence-electron chi connectivity index (χ2n) is 7.36. The van der Waals surface area contributed by atoms with Crippen molar-refractivity contribution in [2.45, 2.75) is 52.1 Å². The average Bonchev–Trinajstić information content (AvgIpc) is 2.72.